The first-order valence-electron chi connectivity index (χ1n) is 7.02. The van der Waals surface area contributed by atoms with Gasteiger partial charge in [-0.1, -0.05) is 20.8 Å². The Morgan fingerprint density at radius 3 is 2.44 bits per heavy atom. The summed E-state index contributed by atoms with van der Waals surface area (Å²) in [6.07, 6.45) is 7.62. The number of rotatable bonds is 2. The van der Waals surface area contributed by atoms with E-state index < -0.39 is 0 Å². The molecule has 18 heavy (non-hydrogen) atoms. The van der Waals surface area contributed by atoms with Gasteiger partial charge >= 0.3 is 0 Å². The van der Waals surface area contributed by atoms with E-state index in [9.17, 15) is 0 Å². The van der Waals surface area contributed by atoms with Crippen LogP contribution < -0.4 is 5.73 Å². The van der Waals surface area contributed by atoms with Crippen molar-refractivity contribution >= 4 is 0 Å². The Balaban J connectivity index is 2.01. The van der Waals surface area contributed by atoms with Gasteiger partial charge in [0.05, 0.1) is 0 Å². The van der Waals surface area contributed by atoms with E-state index in [1.807, 2.05) is 0 Å². The van der Waals surface area contributed by atoms with Crippen molar-refractivity contribution in [2.75, 3.05) is 0 Å². The average Bonchev–Trinajstić information content (AvgIpc) is 2.31. The third-order valence-corrected chi connectivity index (χ3v) is 3.88. The Morgan fingerprint density at radius 1 is 1.17 bits per heavy atom. The first kappa shape index (κ1) is 13.5. The van der Waals surface area contributed by atoms with Crippen LogP contribution in [0.2, 0.25) is 0 Å². The molecule has 2 N–H and O–H groups in total. The molecule has 0 atom stereocenters. The van der Waals surface area contributed by atoms with E-state index in [-0.39, 0.29) is 5.41 Å². The van der Waals surface area contributed by atoms with E-state index in [1.165, 1.54) is 31.4 Å². The van der Waals surface area contributed by atoms with Crippen molar-refractivity contribution < 1.29 is 0 Å². The fraction of sp³-hybridized carbons (Fsp3) is 0.733. The molecule has 0 amide bonds. The number of aromatic nitrogens is 2. The molecule has 2 rings (SSSR count). The van der Waals surface area contributed by atoms with Gasteiger partial charge in [-0.15, -0.1) is 0 Å². The van der Waals surface area contributed by atoms with E-state index in [0.29, 0.717) is 6.04 Å². The summed E-state index contributed by atoms with van der Waals surface area (Å²) in [4.78, 5) is 8.81. The molecule has 3 heteroatoms. The molecule has 1 heterocycles. The summed E-state index contributed by atoms with van der Waals surface area (Å²) >= 11 is 0. The van der Waals surface area contributed by atoms with Crippen molar-refractivity contribution in [1.29, 1.82) is 0 Å². The van der Waals surface area contributed by atoms with Crippen LogP contribution in [0.4, 0.5) is 0 Å². The third-order valence-electron chi connectivity index (χ3n) is 3.88. The molecule has 100 valence electrons. The highest BCUT2D eigenvalue weighted by molar-refractivity contribution is 5.16. The number of hydrogen-bond acceptors (Lipinski definition) is 3. The smallest absolute Gasteiger partial charge is 0.115 e. The molecule has 0 spiro atoms. The summed E-state index contributed by atoms with van der Waals surface area (Å²) in [6, 6.07) is 2.60. The second-order valence-corrected chi connectivity index (χ2v) is 6.63. The van der Waals surface area contributed by atoms with Crippen LogP contribution in [0.15, 0.2) is 12.4 Å². The van der Waals surface area contributed by atoms with E-state index in [0.717, 1.165) is 18.0 Å². The van der Waals surface area contributed by atoms with Gasteiger partial charge in [0.15, 0.2) is 0 Å². The van der Waals surface area contributed by atoms with E-state index >= 15 is 0 Å². The minimum Gasteiger partial charge on any atom is -0.328 e. The normalized spacial score (nSPS) is 25.1. The van der Waals surface area contributed by atoms with Gasteiger partial charge in [-0.05, 0) is 44.1 Å². The minimum absolute atomic E-state index is 0.104. The lowest BCUT2D eigenvalue weighted by Gasteiger charge is -2.26. The van der Waals surface area contributed by atoms with Gasteiger partial charge in [0.25, 0.3) is 0 Å². The molecule has 1 aromatic rings. The Morgan fingerprint density at radius 2 is 1.83 bits per heavy atom. The standard InChI is InChI=1S/C15H25N3/c1-15(2,3)14-9-13(17-10-18-14)8-11-4-6-12(16)7-5-11/h9-12H,4-8,16H2,1-3H3. The molecule has 0 saturated heterocycles. The van der Waals surface area contributed by atoms with Gasteiger partial charge < -0.3 is 5.73 Å². The highest BCUT2D eigenvalue weighted by Crippen LogP contribution is 2.27. The Bertz CT molecular complexity index is 387. The monoisotopic (exact) mass is 247 g/mol. The maximum absolute atomic E-state index is 5.95. The van der Waals surface area contributed by atoms with Gasteiger partial charge in [0, 0.05) is 22.8 Å². The average molecular weight is 247 g/mol. The fourth-order valence-electron chi connectivity index (χ4n) is 2.61. The molecule has 1 saturated carbocycles. The fourth-order valence-corrected chi connectivity index (χ4v) is 2.61. The quantitative estimate of drug-likeness (QED) is 0.874. The first-order valence-corrected chi connectivity index (χ1v) is 7.02. The van der Waals surface area contributed by atoms with Crippen molar-refractivity contribution in [3.8, 4) is 0 Å². The summed E-state index contributed by atoms with van der Waals surface area (Å²) in [6.45, 7) is 6.58. The summed E-state index contributed by atoms with van der Waals surface area (Å²) < 4.78 is 0. The largest absolute Gasteiger partial charge is 0.328 e. The van der Waals surface area contributed by atoms with E-state index in [4.69, 9.17) is 5.73 Å². The first-order chi connectivity index (χ1) is 8.45. The molecule has 0 aromatic carbocycles. The lowest BCUT2D eigenvalue weighted by atomic mass is 9.83. The van der Waals surface area contributed by atoms with Gasteiger partial charge in [-0.25, -0.2) is 9.97 Å². The van der Waals surface area contributed by atoms with Gasteiger partial charge in [-0.2, -0.15) is 0 Å². The minimum atomic E-state index is 0.104. The molecule has 1 aromatic heterocycles. The van der Waals surface area contributed by atoms with E-state index in [2.05, 4.69) is 36.8 Å². The zero-order valence-corrected chi connectivity index (χ0v) is 11.8. The Labute approximate surface area is 110 Å². The van der Waals surface area contributed by atoms with E-state index in [1.54, 1.807) is 6.33 Å². The van der Waals surface area contributed by atoms with Crippen LogP contribution in [0.1, 0.15) is 57.8 Å². The van der Waals surface area contributed by atoms with Crippen molar-refractivity contribution in [2.24, 2.45) is 11.7 Å². The molecular weight excluding hydrogens is 222 g/mol. The molecule has 3 nitrogen and oxygen atoms in total. The molecule has 0 radical (unpaired) electrons. The predicted octanol–water partition coefficient (Wildman–Crippen LogP) is 2.83. The Kier molecular flexibility index (Phi) is 4.00. The lowest BCUT2D eigenvalue weighted by Crippen LogP contribution is -2.27. The molecule has 1 aliphatic carbocycles. The molecule has 0 aliphatic heterocycles. The van der Waals surface area contributed by atoms with Gasteiger partial charge in [0.1, 0.15) is 6.33 Å². The van der Waals surface area contributed by atoms with Crippen LogP contribution in [0.25, 0.3) is 0 Å². The van der Waals surface area contributed by atoms with Crippen LogP contribution in [-0.2, 0) is 11.8 Å². The summed E-state index contributed by atoms with van der Waals surface area (Å²) in [7, 11) is 0. The maximum Gasteiger partial charge on any atom is 0.115 e. The van der Waals surface area contributed by atoms with Crippen LogP contribution in [0.3, 0.4) is 0 Å². The molecule has 1 fully saturated rings. The van der Waals surface area contributed by atoms with Crippen LogP contribution >= 0.6 is 0 Å². The summed E-state index contributed by atoms with van der Waals surface area (Å²) in [5.41, 5.74) is 8.38. The second-order valence-electron chi connectivity index (χ2n) is 6.63. The highest BCUT2D eigenvalue weighted by atomic mass is 14.8. The zero-order chi connectivity index (χ0) is 13.2. The molecule has 0 bridgehead atoms. The SMILES string of the molecule is CC(C)(C)c1cc(CC2CCC(N)CC2)ncn1. The topological polar surface area (TPSA) is 51.8 Å². The second kappa shape index (κ2) is 5.35. The third kappa shape index (κ3) is 3.52. The molecular formula is C15H25N3. The highest BCUT2D eigenvalue weighted by Gasteiger charge is 2.21. The van der Waals surface area contributed by atoms with Crippen molar-refractivity contribution in [2.45, 2.75) is 64.3 Å². The summed E-state index contributed by atoms with van der Waals surface area (Å²) in [5.74, 6) is 0.757. The number of nitrogens with two attached hydrogens (primary N) is 1. The molecule has 0 unspecified atom stereocenters. The Hall–Kier alpha value is -0.960. The van der Waals surface area contributed by atoms with Crippen LogP contribution in [-0.4, -0.2) is 16.0 Å². The van der Waals surface area contributed by atoms with Crippen molar-refractivity contribution in [3.05, 3.63) is 23.8 Å². The van der Waals surface area contributed by atoms with Crippen molar-refractivity contribution in [3.63, 3.8) is 0 Å². The molecule has 1 aliphatic rings. The van der Waals surface area contributed by atoms with Gasteiger partial charge in [-0.3, -0.25) is 0 Å². The summed E-state index contributed by atoms with van der Waals surface area (Å²) in [5, 5.41) is 0. The predicted molar refractivity (Wildman–Crippen MR) is 74.4 cm³/mol. The van der Waals surface area contributed by atoms with Crippen molar-refractivity contribution in [1.82, 2.24) is 9.97 Å². The van der Waals surface area contributed by atoms with Gasteiger partial charge in [0.2, 0.25) is 0 Å². The zero-order valence-electron chi connectivity index (χ0n) is 11.8. The maximum atomic E-state index is 5.95. The number of hydrogen-bond donors (Lipinski definition) is 1. The lowest BCUT2D eigenvalue weighted by molar-refractivity contribution is 0.322. The van der Waals surface area contributed by atoms with Crippen LogP contribution in [0.5, 0.6) is 0 Å². The number of nitrogens with zero attached hydrogens (tertiary/aromatic N) is 2. The van der Waals surface area contributed by atoms with Crippen LogP contribution in [0, 0.1) is 5.92 Å².